The van der Waals surface area contributed by atoms with Crippen LogP contribution in [-0.2, 0) is 0 Å². The number of rotatable bonds is 3. The lowest BCUT2D eigenvalue weighted by molar-refractivity contribution is 1.07. The van der Waals surface area contributed by atoms with E-state index in [0.717, 1.165) is 87.9 Å². The topological polar surface area (TPSA) is 62.4 Å². The van der Waals surface area contributed by atoms with E-state index in [4.69, 9.17) is 0 Å². The van der Waals surface area contributed by atoms with Gasteiger partial charge in [-0.25, -0.2) is 0 Å². The SMILES string of the molecule is Cc1ccc2c(c1)c1cc(C)ccc1n2-c1cc(-n2c3ccc(C)cc3c3cc(C)ccc32)c(C#N)c(-n2c3ccc(C)cc3c3cc(C)ccc32)c1C#N. The van der Waals surface area contributed by atoms with E-state index in [1.807, 2.05) is 0 Å². The molecule has 0 N–H and O–H groups in total. The van der Waals surface area contributed by atoms with Crippen molar-refractivity contribution in [2.45, 2.75) is 41.5 Å². The van der Waals surface area contributed by atoms with Gasteiger partial charge >= 0.3 is 0 Å². The number of fused-ring (bicyclic) bond motifs is 9. The van der Waals surface area contributed by atoms with Gasteiger partial charge < -0.3 is 13.7 Å². The van der Waals surface area contributed by atoms with Crippen molar-refractivity contribution < 1.29 is 0 Å². The maximum atomic E-state index is 11.5. The Balaban J connectivity index is 1.48. The Morgan fingerprint density at radius 1 is 0.327 bits per heavy atom. The molecule has 5 heteroatoms. The molecule has 262 valence electrons. The van der Waals surface area contributed by atoms with Gasteiger partial charge in [0.15, 0.2) is 0 Å². The smallest absolute Gasteiger partial charge is 0.104 e. The summed E-state index contributed by atoms with van der Waals surface area (Å²) in [4.78, 5) is 0. The summed E-state index contributed by atoms with van der Waals surface area (Å²) < 4.78 is 6.64. The van der Waals surface area contributed by atoms with Crippen LogP contribution >= 0.6 is 0 Å². The first-order valence-electron chi connectivity index (χ1n) is 18.7. The Kier molecular flexibility index (Phi) is 6.93. The third kappa shape index (κ3) is 4.64. The fraction of sp³-hybridized carbons (Fsp3) is 0.120. The van der Waals surface area contributed by atoms with E-state index in [9.17, 15) is 10.5 Å². The maximum Gasteiger partial charge on any atom is 0.104 e. The van der Waals surface area contributed by atoms with Gasteiger partial charge in [0, 0.05) is 32.3 Å². The lowest BCUT2D eigenvalue weighted by atomic mass is 10.0. The van der Waals surface area contributed by atoms with E-state index in [0.29, 0.717) is 16.8 Å². The number of nitrogens with zero attached hydrogens (tertiary/aromatic N) is 5. The highest BCUT2D eigenvalue weighted by atomic mass is 15.1. The molecule has 0 saturated carbocycles. The van der Waals surface area contributed by atoms with Crippen LogP contribution in [0.4, 0.5) is 0 Å². The summed E-state index contributed by atoms with van der Waals surface area (Å²) in [6.45, 7) is 12.7. The molecule has 0 spiro atoms. The number of aryl methyl sites for hydroxylation is 6. The minimum absolute atomic E-state index is 0.438. The van der Waals surface area contributed by atoms with Crippen LogP contribution in [0, 0.1) is 64.2 Å². The standard InChI is InChI=1S/C50H37N5/c1-28-7-13-42-34(19-28)35-20-29(2)8-14-43(35)53(42)48-25-49(54-44-15-9-30(3)21-36(44)37-22-31(4)10-16-45(37)54)41(27-52)50(40(48)26-51)55-46-17-11-32(5)23-38(46)39-24-33(6)12-18-47(39)55/h7-25H,1-6H3. The second kappa shape index (κ2) is 11.7. The van der Waals surface area contributed by atoms with Crippen LogP contribution in [0.2, 0.25) is 0 Å². The Bertz CT molecular complexity index is 3070. The van der Waals surface area contributed by atoms with Crippen molar-refractivity contribution in [2.24, 2.45) is 0 Å². The third-order valence-corrected chi connectivity index (χ3v) is 11.4. The summed E-state index contributed by atoms with van der Waals surface area (Å²) in [5, 5.41) is 29.7. The molecular weight excluding hydrogens is 671 g/mol. The van der Waals surface area contributed by atoms with Crippen LogP contribution in [0.3, 0.4) is 0 Å². The van der Waals surface area contributed by atoms with E-state index in [1.165, 1.54) is 22.3 Å². The first-order chi connectivity index (χ1) is 26.6. The summed E-state index contributed by atoms with van der Waals surface area (Å²) in [7, 11) is 0. The van der Waals surface area contributed by atoms with Gasteiger partial charge in [-0.2, -0.15) is 10.5 Å². The molecule has 0 saturated heterocycles. The molecule has 0 aliphatic rings. The molecule has 0 unspecified atom stereocenters. The van der Waals surface area contributed by atoms with Gasteiger partial charge in [-0.1, -0.05) is 69.8 Å². The Morgan fingerprint density at radius 2 is 0.564 bits per heavy atom. The lowest BCUT2D eigenvalue weighted by Crippen LogP contribution is -2.11. The minimum Gasteiger partial charge on any atom is -0.308 e. The van der Waals surface area contributed by atoms with Gasteiger partial charge in [-0.05, 0) is 120 Å². The summed E-state index contributed by atoms with van der Waals surface area (Å²) in [6, 6.07) is 46.5. The van der Waals surface area contributed by atoms with Crippen molar-refractivity contribution in [1.29, 1.82) is 10.5 Å². The summed E-state index contributed by atoms with van der Waals surface area (Å²) in [6.07, 6.45) is 0. The van der Waals surface area contributed by atoms with Gasteiger partial charge in [0.25, 0.3) is 0 Å². The second-order valence-corrected chi connectivity index (χ2v) is 15.4. The molecule has 0 atom stereocenters. The molecule has 3 heterocycles. The molecule has 10 rings (SSSR count). The van der Waals surface area contributed by atoms with E-state index in [-0.39, 0.29) is 0 Å². The first-order valence-corrected chi connectivity index (χ1v) is 18.7. The van der Waals surface area contributed by atoms with E-state index in [1.54, 1.807) is 0 Å². The van der Waals surface area contributed by atoms with Crippen molar-refractivity contribution in [3.8, 4) is 29.2 Å². The van der Waals surface area contributed by atoms with E-state index in [2.05, 4.69) is 183 Å². The highest BCUT2D eigenvalue weighted by Crippen LogP contribution is 2.43. The Labute approximate surface area is 319 Å². The number of aromatic nitrogens is 3. The molecular formula is C50H37N5. The van der Waals surface area contributed by atoms with Crippen molar-refractivity contribution in [1.82, 2.24) is 13.7 Å². The van der Waals surface area contributed by atoms with Gasteiger partial charge in [-0.3, -0.25) is 0 Å². The number of nitriles is 2. The average molecular weight is 708 g/mol. The number of hydrogen-bond donors (Lipinski definition) is 0. The zero-order valence-corrected chi connectivity index (χ0v) is 31.7. The summed E-state index contributed by atoms with van der Waals surface area (Å²) >= 11 is 0. The molecule has 7 aromatic carbocycles. The third-order valence-electron chi connectivity index (χ3n) is 11.4. The quantitative estimate of drug-likeness (QED) is 0.183. The van der Waals surface area contributed by atoms with E-state index < -0.39 is 0 Å². The second-order valence-electron chi connectivity index (χ2n) is 15.4. The minimum atomic E-state index is 0.438. The lowest BCUT2D eigenvalue weighted by Gasteiger charge is -2.21. The van der Waals surface area contributed by atoms with Gasteiger partial charge in [0.1, 0.15) is 23.3 Å². The van der Waals surface area contributed by atoms with Crippen molar-refractivity contribution >= 4 is 65.4 Å². The van der Waals surface area contributed by atoms with Gasteiger partial charge in [-0.15, -0.1) is 0 Å². The number of benzene rings is 7. The monoisotopic (exact) mass is 707 g/mol. The molecule has 0 amide bonds. The number of hydrogen-bond acceptors (Lipinski definition) is 2. The predicted octanol–water partition coefficient (Wildman–Crippen LogP) is 12.6. The molecule has 0 aliphatic heterocycles. The average Bonchev–Trinajstić information content (AvgIpc) is 3.77. The maximum absolute atomic E-state index is 11.5. The summed E-state index contributed by atoms with van der Waals surface area (Å²) in [5.74, 6) is 0. The van der Waals surface area contributed by atoms with E-state index >= 15 is 0 Å². The Hall–Kier alpha value is -7.08. The normalized spacial score (nSPS) is 11.8. The fourth-order valence-corrected chi connectivity index (χ4v) is 8.95. The highest BCUT2D eigenvalue weighted by Gasteiger charge is 2.28. The molecule has 0 aliphatic carbocycles. The van der Waals surface area contributed by atoms with Crippen LogP contribution in [0.5, 0.6) is 0 Å². The van der Waals surface area contributed by atoms with Crippen molar-refractivity contribution in [3.05, 3.63) is 160 Å². The predicted molar refractivity (Wildman–Crippen MR) is 227 cm³/mol. The molecule has 3 aromatic heterocycles. The largest absolute Gasteiger partial charge is 0.308 e. The molecule has 10 aromatic rings. The summed E-state index contributed by atoms with van der Waals surface area (Å²) in [5.41, 5.74) is 15.8. The zero-order valence-electron chi connectivity index (χ0n) is 31.7. The van der Waals surface area contributed by atoms with Gasteiger partial charge in [0.2, 0.25) is 0 Å². The van der Waals surface area contributed by atoms with Crippen molar-refractivity contribution in [2.75, 3.05) is 0 Å². The fourth-order valence-electron chi connectivity index (χ4n) is 8.95. The van der Waals surface area contributed by atoms with Crippen LogP contribution < -0.4 is 0 Å². The van der Waals surface area contributed by atoms with Crippen LogP contribution in [-0.4, -0.2) is 13.7 Å². The molecule has 0 bridgehead atoms. The molecule has 0 radical (unpaired) electrons. The molecule has 55 heavy (non-hydrogen) atoms. The Morgan fingerprint density at radius 3 is 0.800 bits per heavy atom. The van der Waals surface area contributed by atoms with Gasteiger partial charge in [0.05, 0.1) is 50.2 Å². The molecule has 0 fully saturated rings. The van der Waals surface area contributed by atoms with Crippen LogP contribution in [0.25, 0.3) is 82.5 Å². The van der Waals surface area contributed by atoms with Crippen LogP contribution in [0.1, 0.15) is 44.5 Å². The van der Waals surface area contributed by atoms with Crippen LogP contribution in [0.15, 0.2) is 115 Å². The molecule has 5 nitrogen and oxygen atoms in total. The zero-order chi connectivity index (χ0) is 37.9. The highest BCUT2D eigenvalue weighted by molar-refractivity contribution is 6.13. The first kappa shape index (κ1) is 32.6. The van der Waals surface area contributed by atoms with Crippen molar-refractivity contribution in [3.63, 3.8) is 0 Å².